The zero-order valence-electron chi connectivity index (χ0n) is 12.7. The van der Waals surface area contributed by atoms with Gasteiger partial charge in [-0.25, -0.2) is 0 Å². The molecular weight excluding hydrogens is 278 g/mol. The van der Waals surface area contributed by atoms with Gasteiger partial charge < -0.3 is 9.42 Å². The van der Waals surface area contributed by atoms with Gasteiger partial charge in [-0.05, 0) is 30.9 Å². The maximum absolute atomic E-state index is 12.7. The van der Waals surface area contributed by atoms with Crippen molar-refractivity contribution in [3.8, 4) is 0 Å². The average Bonchev–Trinajstić information content (AvgIpc) is 3.20. The summed E-state index contributed by atoms with van der Waals surface area (Å²) in [6, 6.07) is 9.49. The Morgan fingerprint density at radius 2 is 2.18 bits per heavy atom. The van der Waals surface area contributed by atoms with Crippen molar-refractivity contribution in [3.05, 3.63) is 47.6 Å². The van der Waals surface area contributed by atoms with Crippen molar-refractivity contribution in [3.63, 3.8) is 0 Å². The zero-order chi connectivity index (χ0) is 15.2. The summed E-state index contributed by atoms with van der Waals surface area (Å²) >= 11 is 0. The number of carbonyl (C=O) groups excluding carboxylic acids is 1. The molecule has 1 aromatic carbocycles. The lowest BCUT2D eigenvalue weighted by atomic mass is 9.80. The molecular formula is C17H19N3O2. The number of amides is 1. The Morgan fingerprint density at radius 1 is 1.36 bits per heavy atom. The summed E-state index contributed by atoms with van der Waals surface area (Å²) in [7, 11) is 0. The van der Waals surface area contributed by atoms with Gasteiger partial charge in [-0.2, -0.15) is 4.98 Å². The fraction of sp³-hybridized carbons (Fsp3) is 0.471. The first-order chi connectivity index (χ1) is 10.7. The van der Waals surface area contributed by atoms with Crippen LogP contribution in [0.1, 0.15) is 41.3 Å². The van der Waals surface area contributed by atoms with Crippen molar-refractivity contribution in [2.45, 2.75) is 31.6 Å². The third-order valence-electron chi connectivity index (χ3n) is 5.15. The number of aryl methyl sites for hydroxylation is 1. The minimum atomic E-state index is -0.109. The van der Waals surface area contributed by atoms with Crippen LogP contribution in [0.4, 0.5) is 0 Å². The van der Waals surface area contributed by atoms with Gasteiger partial charge in [-0.15, -0.1) is 0 Å². The van der Waals surface area contributed by atoms with E-state index in [1.807, 2.05) is 42.2 Å². The van der Waals surface area contributed by atoms with Gasteiger partial charge in [-0.3, -0.25) is 4.79 Å². The molecule has 5 heteroatoms. The highest BCUT2D eigenvalue weighted by atomic mass is 16.5. The molecule has 22 heavy (non-hydrogen) atoms. The number of nitrogens with zero attached hydrogens (tertiary/aromatic N) is 3. The van der Waals surface area contributed by atoms with Gasteiger partial charge in [0.1, 0.15) is 0 Å². The molecule has 0 spiro atoms. The molecule has 0 unspecified atom stereocenters. The Labute approximate surface area is 129 Å². The lowest BCUT2D eigenvalue weighted by molar-refractivity contribution is 0.0777. The molecule has 1 saturated heterocycles. The molecule has 2 aliphatic rings. The number of rotatable bonds is 2. The highest BCUT2D eigenvalue weighted by Crippen LogP contribution is 2.49. The number of fused-ring (bicyclic) bond motifs is 1. The maximum Gasteiger partial charge on any atom is 0.253 e. The van der Waals surface area contributed by atoms with Crippen LogP contribution in [0.15, 0.2) is 34.9 Å². The molecule has 1 aliphatic heterocycles. The summed E-state index contributed by atoms with van der Waals surface area (Å²) in [5.74, 6) is 1.94. The Bertz CT molecular complexity index is 697. The van der Waals surface area contributed by atoms with Crippen molar-refractivity contribution in [2.75, 3.05) is 13.1 Å². The van der Waals surface area contributed by atoms with Crippen molar-refractivity contribution in [2.24, 2.45) is 5.92 Å². The quantitative estimate of drug-likeness (QED) is 0.855. The lowest BCUT2D eigenvalue weighted by Gasteiger charge is -2.24. The first kappa shape index (κ1) is 13.5. The number of aromatic nitrogens is 2. The van der Waals surface area contributed by atoms with E-state index in [4.69, 9.17) is 4.52 Å². The molecule has 2 aromatic rings. The van der Waals surface area contributed by atoms with Gasteiger partial charge in [0.05, 0.1) is 5.41 Å². The zero-order valence-corrected chi connectivity index (χ0v) is 12.7. The lowest BCUT2D eigenvalue weighted by Crippen LogP contribution is -2.35. The highest BCUT2D eigenvalue weighted by molar-refractivity contribution is 5.94. The molecule has 0 bridgehead atoms. The van der Waals surface area contributed by atoms with E-state index < -0.39 is 0 Å². The van der Waals surface area contributed by atoms with Crippen LogP contribution < -0.4 is 0 Å². The van der Waals surface area contributed by atoms with Crippen LogP contribution in [0, 0.1) is 12.8 Å². The van der Waals surface area contributed by atoms with E-state index in [0.29, 0.717) is 18.4 Å². The average molecular weight is 297 g/mol. The number of likely N-dealkylation sites (tertiary alicyclic amines) is 1. The second-order valence-electron chi connectivity index (χ2n) is 6.43. The van der Waals surface area contributed by atoms with E-state index >= 15 is 0 Å². The molecule has 114 valence electrons. The van der Waals surface area contributed by atoms with Crippen molar-refractivity contribution < 1.29 is 9.32 Å². The molecule has 0 radical (unpaired) electrons. The van der Waals surface area contributed by atoms with E-state index in [1.54, 1.807) is 0 Å². The van der Waals surface area contributed by atoms with Gasteiger partial charge in [0.25, 0.3) is 5.91 Å². The largest absolute Gasteiger partial charge is 0.340 e. The summed E-state index contributed by atoms with van der Waals surface area (Å²) in [5, 5.41) is 4.17. The fourth-order valence-corrected chi connectivity index (χ4v) is 4.07. The molecule has 4 rings (SSSR count). The van der Waals surface area contributed by atoms with Crippen LogP contribution in [0.5, 0.6) is 0 Å². The normalized spacial score (nSPS) is 27.1. The Kier molecular flexibility index (Phi) is 3.03. The third kappa shape index (κ3) is 1.95. The van der Waals surface area contributed by atoms with Crippen LogP contribution >= 0.6 is 0 Å². The first-order valence-electron chi connectivity index (χ1n) is 7.84. The predicted molar refractivity (Wildman–Crippen MR) is 80.4 cm³/mol. The summed E-state index contributed by atoms with van der Waals surface area (Å²) in [4.78, 5) is 19.2. The molecule has 1 amide bonds. The van der Waals surface area contributed by atoms with E-state index in [0.717, 1.165) is 30.8 Å². The van der Waals surface area contributed by atoms with Gasteiger partial charge in [0.2, 0.25) is 5.89 Å². The molecule has 5 nitrogen and oxygen atoms in total. The van der Waals surface area contributed by atoms with E-state index in [9.17, 15) is 4.79 Å². The molecule has 2 heterocycles. The molecule has 1 aromatic heterocycles. The Hall–Kier alpha value is -2.17. The van der Waals surface area contributed by atoms with Gasteiger partial charge in [0.15, 0.2) is 5.82 Å². The summed E-state index contributed by atoms with van der Waals surface area (Å²) in [5.41, 5.74) is 0.643. The maximum atomic E-state index is 12.7. The molecule has 1 saturated carbocycles. The predicted octanol–water partition coefficient (Wildman–Crippen LogP) is 2.57. The molecule has 2 atom stereocenters. The summed E-state index contributed by atoms with van der Waals surface area (Å²) < 4.78 is 5.20. The van der Waals surface area contributed by atoms with E-state index in [1.165, 1.54) is 6.42 Å². The van der Waals surface area contributed by atoms with Crippen molar-refractivity contribution in [1.82, 2.24) is 15.0 Å². The topological polar surface area (TPSA) is 59.2 Å². The van der Waals surface area contributed by atoms with Crippen LogP contribution in [0.2, 0.25) is 0 Å². The minimum absolute atomic E-state index is 0.106. The Balaban J connectivity index is 1.64. The van der Waals surface area contributed by atoms with Crippen LogP contribution in [0.3, 0.4) is 0 Å². The smallest absolute Gasteiger partial charge is 0.253 e. The second-order valence-corrected chi connectivity index (χ2v) is 6.43. The second kappa shape index (κ2) is 4.93. The molecule has 2 fully saturated rings. The van der Waals surface area contributed by atoms with Crippen molar-refractivity contribution in [1.29, 1.82) is 0 Å². The minimum Gasteiger partial charge on any atom is -0.340 e. The highest BCUT2D eigenvalue weighted by Gasteiger charge is 2.54. The van der Waals surface area contributed by atoms with Gasteiger partial charge in [-0.1, -0.05) is 29.8 Å². The van der Waals surface area contributed by atoms with Crippen LogP contribution in [-0.2, 0) is 5.41 Å². The van der Waals surface area contributed by atoms with Crippen LogP contribution in [-0.4, -0.2) is 34.0 Å². The third-order valence-corrected chi connectivity index (χ3v) is 5.15. The fourth-order valence-electron chi connectivity index (χ4n) is 4.07. The van der Waals surface area contributed by atoms with Crippen LogP contribution in [0.25, 0.3) is 0 Å². The number of hydrogen-bond acceptors (Lipinski definition) is 4. The Morgan fingerprint density at radius 3 is 2.91 bits per heavy atom. The number of carbonyl (C=O) groups is 1. The number of hydrogen-bond donors (Lipinski definition) is 0. The first-order valence-corrected chi connectivity index (χ1v) is 7.84. The summed E-state index contributed by atoms with van der Waals surface area (Å²) in [6.45, 7) is 3.31. The summed E-state index contributed by atoms with van der Waals surface area (Å²) in [6.07, 6.45) is 3.34. The molecule has 0 N–H and O–H groups in total. The SMILES string of the molecule is Cc1nc([C@@]23CCC[C@@H]2CN(C(=O)c2ccccc2)C3)no1. The number of benzene rings is 1. The van der Waals surface area contributed by atoms with Crippen molar-refractivity contribution >= 4 is 5.91 Å². The van der Waals surface area contributed by atoms with Gasteiger partial charge >= 0.3 is 0 Å². The van der Waals surface area contributed by atoms with E-state index in [2.05, 4.69) is 10.1 Å². The van der Waals surface area contributed by atoms with Gasteiger partial charge in [0, 0.05) is 25.6 Å². The molecule has 1 aliphatic carbocycles. The van der Waals surface area contributed by atoms with E-state index in [-0.39, 0.29) is 11.3 Å². The monoisotopic (exact) mass is 297 g/mol. The standard InChI is InChI=1S/C17H19N3O2/c1-12-18-16(19-22-12)17-9-5-8-14(17)10-20(11-17)15(21)13-6-3-2-4-7-13/h2-4,6-7,14H,5,8-11H2,1H3/t14-,17-/m1/s1.